The van der Waals surface area contributed by atoms with Gasteiger partial charge in [-0.3, -0.25) is 0 Å². The first-order chi connectivity index (χ1) is 7.36. The molecule has 0 saturated carbocycles. The number of halogens is 1. The Morgan fingerprint density at radius 3 is 2.80 bits per heavy atom. The van der Waals surface area contributed by atoms with Gasteiger partial charge in [-0.05, 0) is 11.3 Å². The zero-order valence-electron chi connectivity index (χ0n) is 7.53. The fraction of sp³-hybridized carbons (Fsp3) is 0. The number of fused-ring (bicyclic) bond motifs is 1. The molecule has 0 saturated heterocycles. The fourth-order valence-corrected chi connectivity index (χ4v) is 1.83. The quantitative estimate of drug-likeness (QED) is 0.658. The maximum absolute atomic E-state index is 6.20. The number of rotatable bonds is 1. The van der Waals surface area contributed by atoms with E-state index in [1.807, 2.05) is 24.3 Å². The first-order valence-corrected chi connectivity index (χ1v) is 4.74. The summed E-state index contributed by atoms with van der Waals surface area (Å²) in [7, 11) is 0. The number of benzene rings is 1. The summed E-state index contributed by atoms with van der Waals surface area (Å²) in [6.45, 7) is 0. The molecule has 0 amide bonds. The van der Waals surface area contributed by atoms with Crippen LogP contribution in [0.25, 0.3) is 22.4 Å². The third-order valence-corrected chi connectivity index (χ3v) is 2.60. The summed E-state index contributed by atoms with van der Waals surface area (Å²) >= 11 is 6.20. The molecule has 0 aliphatic rings. The molecule has 2 N–H and O–H groups in total. The summed E-state index contributed by atoms with van der Waals surface area (Å²) < 4.78 is 0. The summed E-state index contributed by atoms with van der Waals surface area (Å²) in [5.41, 5.74) is 1.65. The van der Waals surface area contributed by atoms with Crippen LogP contribution in [-0.2, 0) is 0 Å². The highest BCUT2D eigenvalue weighted by molar-refractivity contribution is 6.38. The van der Waals surface area contributed by atoms with Crippen molar-refractivity contribution in [3.8, 4) is 11.5 Å². The molecule has 0 unspecified atom stereocenters. The van der Waals surface area contributed by atoms with Crippen molar-refractivity contribution < 1.29 is 0 Å². The van der Waals surface area contributed by atoms with E-state index in [0.29, 0.717) is 16.5 Å². The minimum Gasteiger partial charge on any atom is -0.351 e. The summed E-state index contributed by atoms with van der Waals surface area (Å²) in [5, 5.41) is 15.2. The minimum absolute atomic E-state index is 0.469. The highest BCUT2D eigenvalue weighted by atomic mass is 35.5. The summed E-state index contributed by atoms with van der Waals surface area (Å²) in [6.07, 6.45) is 0. The molecule has 3 rings (SSSR count). The summed E-state index contributed by atoms with van der Waals surface area (Å²) in [5.74, 6) is 0.469. The van der Waals surface area contributed by atoms with Gasteiger partial charge in [0.2, 0.25) is 5.82 Å². The number of H-pyrrole nitrogens is 2. The van der Waals surface area contributed by atoms with E-state index in [2.05, 4.69) is 25.6 Å². The van der Waals surface area contributed by atoms with Crippen molar-refractivity contribution in [1.82, 2.24) is 25.6 Å². The van der Waals surface area contributed by atoms with Crippen molar-refractivity contribution in [3.63, 3.8) is 0 Å². The van der Waals surface area contributed by atoms with Crippen LogP contribution in [0.4, 0.5) is 0 Å². The first-order valence-electron chi connectivity index (χ1n) is 4.36. The van der Waals surface area contributed by atoms with Gasteiger partial charge in [-0.25, -0.2) is 0 Å². The molecule has 74 valence electrons. The van der Waals surface area contributed by atoms with Crippen LogP contribution in [0.15, 0.2) is 24.3 Å². The molecule has 0 bridgehead atoms. The lowest BCUT2D eigenvalue weighted by Crippen LogP contribution is -1.80. The van der Waals surface area contributed by atoms with Crippen LogP contribution >= 0.6 is 11.6 Å². The second-order valence-electron chi connectivity index (χ2n) is 3.09. The summed E-state index contributed by atoms with van der Waals surface area (Å²) in [4.78, 5) is 3.15. The van der Waals surface area contributed by atoms with E-state index in [1.165, 1.54) is 0 Å². The number of nitrogens with one attached hydrogen (secondary N) is 2. The molecule has 6 heteroatoms. The van der Waals surface area contributed by atoms with Crippen LogP contribution in [0.5, 0.6) is 0 Å². The normalized spacial score (nSPS) is 11.0. The van der Waals surface area contributed by atoms with E-state index in [-0.39, 0.29) is 0 Å². The Kier molecular flexibility index (Phi) is 1.72. The van der Waals surface area contributed by atoms with E-state index >= 15 is 0 Å². The number of aromatic amines is 2. The van der Waals surface area contributed by atoms with Crippen molar-refractivity contribution in [2.75, 3.05) is 0 Å². The predicted molar refractivity (Wildman–Crippen MR) is 56.5 cm³/mol. The first kappa shape index (κ1) is 8.43. The molecule has 0 atom stereocenters. The second-order valence-corrected chi connectivity index (χ2v) is 3.47. The molecule has 2 heterocycles. The molecule has 3 aromatic rings. The number of hydrogen-bond acceptors (Lipinski definition) is 3. The van der Waals surface area contributed by atoms with Crippen LogP contribution in [0.1, 0.15) is 0 Å². The highest BCUT2D eigenvalue weighted by Crippen LogP contribution is 2.31. The Morgan fingerprint density at radius 2 is 2.07 bits per heavy atom. The van der Waals surface area contributed by atoms with Gasteiger partial charge < -0.3 is 4.98 Å². The molecule has 0 aliphatic carbocycles. The van der Waals surface area contributed by atoms with Gasteiger partial charge in [-0.1, -0.05) is 29.8 Å². The van der Waals surface area contributed by atoms with E-state index in [9.17, 15) is 0 Å². The zero-order chi connectivity index (χ0) is 10.3. The van der Waals surface area contributed by atoms with Gasteiger partial charge in [-0.2, -0.15) is 5.21 Å². The largest absolute Gasteiger partial charge is 0.351 e. The smallest absolute Gasteiger partial charge is 0.222 e. The van der Waals surface area contributed by atoms with Crippen LogP contribution in [-0.4, -0.2) is 25.6 Å². The molecular formula is C9H6ClN5. The lowest BCUT2D eigenvalue weighted by molar-refractivity contribution is 0.881. The number of nitrogens with zero attached hydrogens (tertiary/aromatic N) is 3. The molecule has 0 aliphatic heterocycles. The highest BCUT2D eigenvalue weighted by Gasteiger charge is 2.13. The third kappa shape index (κ3) is 1.20. The third-order valence-electron chi connectivity index (χ3n) is 2.21. The van der Waals surface area contributed by atoms with Crippen LogP contribution in [0.2, 0.25) is 5.02 Å². The Morgan fingerprint density at radius 1 is 1.20 bits per heavy atom. The number of hydrogen-bond donors (Lipinski definition) is 2. The minimum atomic E-state index is 0.469. The fourth-order valence-electron chi connectivity index (χ4n) is 1.53. The van der Waals surface area contributed by atoms with E-state index < -0.39 is 0 Å². The molecule has 1 aromatic carbocycles. The van der Waals surface area contributed by atoms with Crippen molar-refractivity contribution in [3.05, 3.63) is 29.3 Å². The number of tetrazole rings is 1. The van der Waals surface area contributed by atoms with Crippen molar-refractivity contribution in [2.45, 2.75) is 0 Å². The molecule has 5 nitrogen and oxygen atoms in total. The Balaban J connectivity index is 2.33. The molecule has 0 radical (unpaired) electrons. The van der Waals surface area contributed by atoms with Crippen LogP contribution in [0, 0.1) is 0 Å². The van der Waals surface area contributed by atoms with E-state index in [0.717, 1.165) is 10.9 Å². The standard InChI is InChI=1S/C9H6ClN5/c10-7-5-3-1-2-4-6(5)11-8(7)9-12-14-15-13-9/h1-4,11H,(H,12,13,14,15). The average Bonchev–Trinajstić information content (AvgIpc) is 2.87. The molecule has 2 aromatic heterocycles. The Hall–Kier alpha value is -1.88. The molecular weight excluding hydrogens is 214 g/mol. The molecule has 0 spiro atoms. The van der Waals surface area contributed by atoms with Gasteiger partial charge in [0.05, 0.1) is 5.02 Å². The van der Waals surface area contributed by atoms with Crippen molar-refractivity contribution in [2.24, 2.45) is 0 Å². The lowest BCUT2D eigenvalue weighted by atomic mass is 10.2. The van der Waals surface area contributed by atoms with Crippen LogP contribution in [0.3, 0.4) is 0 Å². The topological polar surface area (TPSA) is 70.2 Å². The number of para-hydroxylation sites is 1. The van der Waals surface area contributed by atoms with Gasteiger partial charge >= 0.3 is 0 Å². The summed E-state index contributed by atoms with van der Waals surface area (Å²) in [6, 6.07) is 7.76. The van der Waals surface area contributed by atoms with Gasteiger partial charge in [0.25, 0.3) is 0 Å². The van der Waals surface area contributed by atoms with Crippen molar-refractivity contribution in [1.29, 1.82) is 0 Å². The maximum Gasteiger partial charge on any atom is 0.222 e. The van der Waals surface area contributed by atoms with Gasteiger partial charge in [0.1, 0.15) is 5.69 Å². The molecule has 0 fully saturated rings. The number of aromatic nitrogens is 5. The van der Waals surface area contributed by atoms with Gasteiger partial charge in [0.15, 0.2) is 0 Å². The average molecular weight is 220 g/mol. The second kappa shape index (κ2) is 3.06. The van der Waals surface area contributed by atoms with E-state index in [1.54, 1.807) is 0 Å². The SMILES string of the molecule is Clc1c(-c2nn[nH]n2)[nH]c2ccccc12. The lowest BCUT2D eigenvalue weighted by Gasteiger charge is -1.88. The zero-order valence-corrected chi connectivity index (χ0v) is 8.28. The van der Waals surface area contributed by atoms with Crippen LogP contribution < -0.4 is 0 Å². The Bertz CT molecular complexity index is 598. The van der Waals surface area contributed by atoms with Gasteiger partial charge in [-0.15, -0.1) is 10.2 Å². The predicted octanol–water partition coefficient (Wildman–Crippen LogP) is 2.00. The monoisotopic (exact) mass is 219 g/mol. The van der Waals surface area contributed by atoms with Gasteiger partial charge in [0, 0.05) is 10.9 Å². The maximum atomic E-state index is 6.20. The van der Waals surface area contributed by atoms with E-state index in [4.69, 9.17) is 11.6 Å². The Labute approximate surface area is 89.5 Å². The molecule has 15 heavy (non-hydrogen) atoms. The van der Waals surface area contributed by atoms with Crippen molar-refractivity contribution >= 4 is 22.5 Å².